The van der Waals surface area contributed by atoms with Crippen molar-refractivity contribution in [3.8, 4) is 17.2 Å². The first kappa shape index (κ1) is 15.8. The lowest BCUT2D eigenvalue weighted by atomic mass is 10.3. The molecule has 0 aliphatic rings. The van der Waals surface area contributed by atoms with Crippen LogP contribution in [0.1, 0.15) is 0 Å². The molecule has 0 aliphatic heterocycles. The summed E-state index contributed by atoms with van der Waals surface area (Å²) in [6.07, 6.45) is 1.06. The van der Waals surface area contributed by atoms with Crippen LogP contribution >= 0.6 is 0 Å². The highest BCUT2D eigenvalue weighted by atomic mass is 16.7. The van der Waals surface area contributed by atoms with E-state index >= 15 is 0 Å². The van der Waals surface area contributed by atoms with Gasteiger partial charge in [0.2, 0.25) is 6.79 Å². The average molecular weight is 282 g/mol. The van der Waals surface area contributed by atoms with E-state index in [1.165, 1.54) is 0 Å². The van der Waals surface area contributed by atoms with Gasteiger partial charge in [-0.2, -0.15) is 0 Å². The van der Waals surface area contributed by atoms with E-state index in [2.05, 4.69) is 6.58 Å². The van der Waals surface area contributed by atoms with Crippen molar-refractivity contribution in [2.45, 2.75) is 0 Å². The van der Waals surface area contributed by atoms with Crippen LogP contribution in [0.5, 0.6) is 17.2 Å². The van der Waals surface area contributed by atoms with Gasteiger partial charge in [0.05, 0.1) is 13.7 Å². The maximum absolute atomic E-state index is 10.9. The number of hydrogen-bond donors (Lipinski definition) is 0. The summed E-state index contributed by atoms with van der Waals surface area (Å²) in [5, 5.41) is 0. The van der Waals surface area contributed by atoms with Gasteiger partial charge in [0.1, 0.15) is 12.4 Å². The van der Waals surface area contributed by atoms with Gasteiger partial charge in [-0.1, -0.05) is 6.58 Å². The highest BCUT2D eigenvalue weighted by Gasteiger charge is 2.08. The number of benzene rings is 1. The molecule has 0 bridgehead atoms. The molecule has 0 saturated carbocycles. The van der Waals surface area contributed by atoms with Gasteiger partial charge in [-0.25, -0.2) is 4.79 Å². The van der Waals surface area contributed by atoms with E-state index in [-0.39, 0.29) is 6.79 Å². The van der Waals surface area contributed by atoms with Crippen LogP contribution in [0, 0.1) is 0 Å². The molecular formula is C14H18O6. The Balaban J connectivity index is 2.67. The SMILES string of the molecule is C=CC(=O)OCOc1cc(OC)ccc1OCCOC. The van der Waals surface area contributed by atoms with Gasteiger partial charge < -0.3 is 23.7 Å². The second-order valence-electron chi connectivity index (χ2n) is 3.58. The molecule has 0 atom stereocenters. The summed E-state index contributed by atoms with van der Waals surface area (Å²) >= 11 is 0. The van der Waals surface area contributed by atoms with Crippen molar-refractivity contribution in [3.63, 3.8) is 0 Å². The Labute approximate surface area is 117 Å². The minimum atomic E-state index is -0.560. The van der Waals surface area contributed by atoms with Crippen LogP contribution < -0.4 is 14.2 Å². The average Bonchev–Trinajstić information content (AvgIpc) is 2.48. The summed E-state index contributed by atoms with van der Waals surface area (Å²) in [5.41, 5.74) is 0. The van der Waals surface area contributed by atoms with Crippen LogP contribution in [-0.4, -0.2) is 40.2 Å². The highest BCUT2D eigenvalue weighted by molar-refractivity contribution is 5.81. The normalized spacial score (nSPS) is 9.70. The van der Waals surface area contributed by atoms with E-state index in [1.54, 1.807) is 32.4 Å². The molecule has 0 aromatic heterocycles. The van der Waals surface area contributed by atoms with E-state index in [0.717, 1.165) is 6.08 Å². The topological polar surface area (TPSA) is 63.2 Å². The Morgan fingerprint density at radius 3 is 2.65 bits per heavy atom. The fourth-order valence-electron chi connectivity index (χ4n) is 1.29. The van der Waals surface area contributed by atoms with E-state index in [0.29, 0.717) is 30.5 Å². The van der Waals surface area contributed by atoms with Crippen LogP contribution in [0.4, 0.5) is 0 Å². The molecule has 0 amide bonds. The second kappa shape index (κ2) is 8.82. The highest BCUT2D eigenvalue weighted by Crippen LogP contribution is 2.31. The third kappa shape index (κ3) is 5.19. The molecule has 0 heterocycles. The summed E-state index contributed by atoms with van der Waals surface area (Å²) in [5.74, 6) is 0.971. The fourth-order valence-corrected chi connectivity index (χ4v) is 1.29. The van der Waals surface area contributed by atoms with Gasteiger partial charge >= 0.3 is 5.97 Å². The molecule has 0 saturated heterocycles. The van der Waals surface area contributed by atoms with Crippen molar-refractivity contribution in [3.05, 3.63) is 30.9 Å². The van der Waals surface area contributed by atoms with Gasteiger partial charge in [-0.05, 0) is 12.1 Å². The standard InChI is InChI=1S/C14H18O6/c1-4-14(15)20-10-19-13-9-11(17-3)5-6-12(13)18-8-7-16-2/h4-6,9H,1,7-8,10H2,2-3H3. The quantitative estimate of drug-likeness (QED) is 0.298. The zero-order chi connectivity index (χ0) is 14.8. The molecule has 0 unspecified atom stereocenters. The molecular weight excluding hydrogens is 264 g/mol. The molecule has 1 aromatic rings. The van der Waals surface area contributed by atoms with Crippen LogP contribution in [-0.2, 0) is 14.3 Å². The van der Waals surface area contributed by atoms with E-state index < -0.39 is 5.97 Å². The van der Waals surface area contributed by atoms with Gasteiger partial charge in [0.25, 0.3) is 0 Å². The Morgan fingerprint density at radius 2 is 2.00 bits per heavy atom. The molecule has 0 spiro atoms. The molecule has 0 radical (unpaired) electrons. The molecule has 0 aliphatic carbocycles. The molecule has 6 nitrogen and oxygen atoms in total. The number of carbonyl (C=O) groups excluding carboxylic acids is 1. The van der Waals surface area contributed by atoms with E-state index in [9.17, 15) is 4.79 Å². The largest absolute Gasteiger partial charge is 0.497 e. The lowest BCUT2D eigenvalue weighted by Crippen LogP contribution is -2.10. The predicted molar refractivity (Wildman–Crippen MR) is 72.1 cm³/mol. The maximum Gasteiger partial charge on any atom is 0.333 e. The molecule has 20 heavy (non-hydrogen) atoms. The molecule has 0 fully saturated rings. The van der Waals surface area contributed by atoms with Crippen molar-refractivity contribution in [2.24, 2.45) is 0 Å². The third-order valence-corrected chi connectivity index (χ3v) is 2.28. The maximum atomic E-state index is 10.9. The lowest BCUT2D eigenvalue weighted by Gasteiger charge is -2.13. The van der Waals surface area contributed by atoms with Crippen LogP contribution in [0.3, 0.4) is 0 Å². The molecule has 6 heteroatoms. The minimum Gasteiger partial charge on any atom is -0.497 e. The monoisotopic (exact) mass is 282 g/mol. The van der Waals surface area contributed by atoms with Gasteiger partial charge in [-0.3, -0.25) is 0 Å². The number of esters is 1. The number of hydrogen-bond acceptors (Lipinski definition) is 6. The van der Waals surface area contributed by atoms with Gasteiger partial charge in [0.15, 0.2) is 11.5 Å². The summed E-state index contributed by atoms with van der Waals surface area (Å²) in [6, 6.07) is 5.09. The van der Waals surface area contributed by atoms with Crippen molar-refractivity contribution in [2.75, 3.05) is 34.2 Å². The zero-order valence-electron chi connectivity index (χ0n) is 11.6. The Hall–Kier alpha value is -2.21. The third-order valence-electron chi connectivity index (χ3n) is 2.28. The van der Waals surface area contributed by atoms with Crippen molar-refractivity contribution in [1.29, 1.82) is 0 Å². The predicted octanol–water partition coefficient (Wildman–Crippen LogP) is 1.79. The Bertz CT molecular complexity index is 443. The summed E-state index contributed by atoms with van der Waals surface area (Å²) in [4.78, 5) is 10.9. The zero-order valence-corrected chi connectivity index (χ0v) is 11.6. The van der Waals surface area contributed by atoms with E-state index in [4.69, 9.17) is 23.7 Å². The van der Waals surface area contributed by atoms with Gasteiger partial charge in [0, 0.05) is 19.3 Å². The lowest BCUT2D eigenvalue weighted by molar-refractivity contribution is -0.144. The summed E-state index contributed by atoms with van der Waals surface area (Å²) in [7, 11) is 3.13. The van der Waals surface area contributed by atoms with Gasteiger partial charge in [-0.15, -0.1) is 0 Å². The van der Waals surface area contributed by atoms with Crippen LogP contribution in [0.25, 0.3) is 0 Å². The molecule has 1 aromatic carbocycles. The summed E-state index contributed by atoms with van der Waals surface area (Å²) < 4.78 is 25.6. The first-order valence-electron chi connectivity index (χ1n) is 5.93. The number of ether oxygens (including phenoxy) is 5. The Morgan fingerprint density at radius 1 is 1.20 bits per heavy atom. The van der Waals surface area contributed by atoms with Crippen molar-refractivity contribution < 1.29 is 28.5 Å². The van der Waals surface area contributed by atoms with Crippen LogP contribution in [0.2, 0.25) is 0 Å². The molecule has 110 valence electrons. The summed E-state index contributed by atoms with van der Waals surface area (Å²) in [6.45, 7) is 3.89. The number of carbonyl (C=O) groups is 1. The smallest absolute Gasteiger partial charge is 0.333 e. The van der Waals surface area contributed by atoms with E-state index in [1.807, 2.05) is 0 Å². The second-order valence-corrected chi connectivity index (χ2v) is 3.58. The van der Waals surface area contributed by atoms with Crippen molar-refractivity contribution >= 4 is 5.97 Å². The fraction of sp³-hybridized carbons (Fsp3) is 0.357. The molecule has 1 rings (SSSR count). The number of methoxy groups -OCH3 is 2. The Kier molecular flexibility index (Phi) is 6.99. The van der Waals surface area contributed by atoms with Crippen LogP contribution in [0.15, 0.2) is 30.9 Å². The first-order valence-corrected chi connectivity index (χ1v) is 5.93. The molecule has 0 N–H and O–H groups in total. The minimum absolute atomic E-state index is 0.237. The first-order chi connectivity index (χ1) is 9.71. The number of rotatable bonds is 9. The van der Waals surface area contributed by atoms with Crippen molar-refractivity contribution in [1.82, 2.24) is 0 Å².